The fourth-order valence-electron chi connectivity index (χ4n) is 5.96. The van der Waals surface area contributed by atoms with E-state index < -0.39 is 16.3 Å². The van der Waals surface area contributed by atoms with Crippen molar-refractivity contribution in [1.29, 1.82) is 0 Å². The Morgan fingerprint density at radius 2 is 1.79 bits per heavy atom. The maximum absolute atomic E-state index is 12.7. The molecule has 1 N–H and O–H groups in total. The summed E-state index contributed by atoms with van der Waals surface area (Å²) in [4.78, 5) is 14.5. The van der Waals surface area contributed by atoms with Gasteiger partial charge in [0.05, 0.1) is 31.9 Å². The SMILES string of the molecule is COC(=O)N1[C@@H]2CCC[C@@H]2[C@H](NS(=O)(=O)N(C)C)[C@@H]1COC1CCC(c2ccccc2)CC1. The average Bonchev–Trinajstić information content (AvgIpc) is 3.39. The van der Waals surface area contributed by atoms with Crippen LogP contribution in [0.4, 0.5) is 4.79 Å². The molecule has 1 saturated heterocycles. The molecule has 0 aromatic heterocycles. The Hall–Kier alpha value is -1.68. The summed E-state index contributed by atoms with van der Waals surface area (Å²) in [5, 5.41) is 0. The molecule has 3 fully saturated rings. The monoisotopic (exact) mass is 479 g/mol. The summed E-state index contributed by atoms with van der Waals surface area (Å²) in [7, 11) is 0.764. The van der Waals surface area contributed by atoms with Gasteiger partial charge in [-0.1, -0.05) is 36.8 Å². The molecule has 4 rings (SSSR count). The number of nitrogens with one attached hydrogen (secondary N) is 1. The van der Waals surface area contributed by atoms with Crippen LogP contribution in [0.3, 0.4) is 0 Å². The molecule has 8 nitrogen and oxygen atoms in total. The molecule has 2 aliphatic carbocycles. The lowest BCUT2D eigenvalue weighted by atomic mass is 9.83. The Bertz CT molecular complexity index is 902. The van der Waals surface area contributed by atoms with E-state index in [-0.39, 0.29) is 30.1 Å². The molecule has 1 amide bonds. The second kappa shape index (κ2) is 10.3. The largest absolute Gasteiger partial charge is 0.453 e. The second-order valence-corrected chi connectivity index (χ2v) is 11.7. The maximum atomic E-state index is 12.7. The number of rotatable bonds is 7. The number of amides is 1. The number of benzene rings is 1. The predicted molar refractivity (Wildman–Crippen MR) is 126 cm³/mol. The first-order chi connectivity index (χ1) is 15.8. The van der Waals surface area contributed by atoms with E-state index in [9.17, 15) is 13.2 Å². The van der Waals surface area contributed by atoms with E-state index in [0.29, 0.717) is 12.5 Å². The van der Waals surface area contributed by atoms with Crippen LogP contribution in [0.2, 0.25) is 0 Å². The first-order valence-electron chi connectivity index (χ1n) is 12.0. The number of hydrogen-bond acceptors (Lipinski definition) is 5. The van der Waals surface area contributed by atoms with Gasteiger partial charge in [0.2, 0.25) is 0 Å². The highest BCUT2D eigenvalue weighted by Crippen LogP contribution is 2.43. The number of nitrogens with zero attached hydrogens (tertiary/aromatic N) is 2. The zero-order valence-corrected chi connectivity index (χ0v) is 20.7. The van der Waals surface area contributed by atoms with Crippen molar-refractivity contribution in [3.05, 3.63) is 35.9 Å². The van der Waals surface area contributed by atoms with Crippen LogP contribution in [0.25, 0.3) is 0 Å². The van der Waals surface area contributed by atoms with E-state index in [2.05, 4.69) is 29.0 Å². The van der Waals surface area contributed by atoms with Crippen molar-refractivity contribution in [3.63, 3.8) is 0 Å². The van der Waals surface area contributed by atoms with Gasteiger partial charge in [-0.3, -0.25) is 4.90 Å². The fourth-order valence-corrected chi connectivity index (χ4v) is 6.85. The minimum absolute atomic E-state index is 0.0188. The van der Waals surface area contributed by atoms with Gasteiger partial charge in [0.25, 0.3) is 10.2 Å². The topological polar surface area (TPSA) is 88.2 Å². The van der Waals surface area contributed by atoms with Crippen molar-refractivity contribution in [1.82, 2.24) is 13.9 Å². The van der Waals surface area contributed by atoms with Gasteiger partial charge in [-0.15, -0.1) is 0 Å². The number of ether oxygens (including phenoxy) is 2. The molecule has 1 heterocycles. The first kappa shape index (κ1) is 24.4. The van der Waals surface area contributed by atoms with Gasteiger partial charge in [0.1, 0.15) is 0 Å². The van der Waals surface area contributed by atoms with E-state index >= 15 is 0 Å². The molecule has 1 aromatic rings. The molecular weight excluding hydrogens is 442 g/mol. The van der Waals surface area contributed by atoms with E-state index in [1.165, 1.54) is 31.1 Å². The smallest absolute Gasteiger partial charge is 0.410 e. The highest BCUT2D eigenvalue weighted by molar-refractivity contribution is 7.87. The molecule has 3 aliphatic rings. The fraction of sp³-hybridized carbons (Fsp3) is 0.708. The Morgan fingerprint density at radius 3 is 2.42 bits per heavy atom. The van der Waals surface area contributed by atoms with Gasteiger partial charge in [-0.2, -0.15) is 17.4 Å². The highest BCUT2D eigenvalue weighted by Gasteiger charge is 2.54. The van der Waals surface area contributed by atoms with Crippen molar-refractivity contribution in [2.45, 2.75) is 75.1 Å². The van der Waals surface area contributed by atoms with Gasteiger partial charge in [0.15, 0.2) is 0 Å². The molecule has 0 spiro atoms. The van der Waals surface area contributed by atoms with Crippen LogP contribution in [0.15, 0.2) is 30.3 Å². The number of carbonyl (C=O) groups is 1. The van der Waals surface area contributed by atoms with E-state index in [1.54, 1.807) is 4.90 Å². The third-order valence-corrected chi connectivity index (χ3v) is 9.25. The molecule has 4 atom stereocenters. The lowest BCUT2D eigenvalue weighted by Gasteiger charge is -2.34. The third-order valence-electron chi connectivity index (χ3n) is 7.72. The standard InChI is InChI=1S/C24H37N3O5S/c1-26(2)33(29,30)25-23-20-10-7-11-21(20)27(24(28)31-3)22(23)16-32-19-14-12-18(13-15-19)17-8-5-4-6-9-17/h4-6,8-9,18-23,25H,7,10-16H2,1-3H3/t18?,19?,20-,21+,22-,23-/m0/s1. The molecular formula is C24H37N3O5S. The van der Waals surface area contributed by atoms with Crippen LogP contribution >= 0.6 is 0 Å². The number of methoxy groups -OCH3 is 1. The lowest BCUT2D eigenvalue weighted by molar-refractivity contribution is -0.00981. The highest BCUT2D eigenvalue weighted by atomic mass is 32.2. The molecule has 9 heteroatoms. The zero-order chi connectivity index (χ0) is 23.6. The summed E-state index contributed by atoms with van der Waals surface area (Å²) in [5.74, 6) is 0.629. The zero-order valence-electron chi connectivity index (χ0n) is 19.9. The van der Waals surface area contributed by atoms with Crippen LogP contribution in [0, 0.1) is 5.92 Å². The molecule has 33 heavy (non-hydrogen) atoms. The maximum Gasteiger partial charge on any atom is 0.410 e. The Morgan fingerprint density at radius 1 is 1.09 bits per heavy atom. The predicted octanol–water partition coefficient (Wildman–Crippen LogP) is 3.11. The van der Waals surface area contributed by atoms with Crippen LogP contribution < -0.4 is 4.72 Å². The molecule has 0 unspecified atom stereocenters. The summed E-state index contributed by atoms with van der Waals surface area (Å²) in [6.45, 7) is 0.309. The van der Waals surface area contributed by atoms with E-state index in [4.69, 9.17) is 9.47 Å². The summed E-state index contributed by atoms with van der Waals surface area (Å²) < 4.78 is 40.9. The molecule has 0 bridgehead atoms. The van der Waals surface area contributed by atoms with Crippen molar-refractivity contribution in [3.8, 4) is 0 Å². The van der Waals surface area contributed by atoms with Crippen molar-refractivity contribution in [2.75, 3.05) is 27.8 Å². The van der Waals surface area contributed by atoms with Gasteiger partial charge >= 0.3 is 6.09 Å². The van der Waals surface area contributed by atoms with Crippen LogP contribution in [0.1, 0.15) is 56.4 Å². The summed E-state index contributed by atoms with van der Waals surface area (Å²) in [6.07, 6.45) is 6.51. The summed E-state index contributed by atoms with van der Waals surface area (Å²) in [6, 6.07) is 9.82. The number of carbonyl (C=O) groups excluding carboxylic acids is 1. The molecule has 184 valence electrons. The Kier molecular flexibility index (Phi) is 7.63. The van der Waals surface area contributed by atoms with Crippen molar-refractivity contribution in [2.24, 2.45) is 5.92 Å². The van der Waals surface area contributed by atoms with Crippen LogP contribution in [-0.4, -0.2) is 75.8 Å². The van der Waals surface area contributed by atoms with Crippen LogP contribution in [-0.2, 0) is 19.7 Å². The van der Waals surface area contributed by atoms with Gasteiger partial charge in [0, 0.05) is 20.1 Å². The average molecular weight is 480 g/mol. The molecule has 2 saturated carbocycles. The minimum atomic E-state index is -3.64. The lowest BCUT2D eigenvalue weighted by Crippen LogP contribution is -2.53. The van der Waals surface area contributed by atoms with Crippen molar-refractivity contribution < 1.29 is 22.7 Å². The molecule has 1 aliphatic heterocycles. The Labute approximate surface area is 197 Å². The number of fused-ring (bicyclic) bond motifs is 1. The minimum Gasteiger partial charge on any atom is -0.453 e. The van der Waals surface area contributed by atoms with E-state index in [0.717, 1.165) is 44.9 Å². The molecule has 1 aromatic carbocycles. The quantitative estimate of drug-likeness (QED) is 0.649. The Balaban J connectivity index is 1.44. The number of likely N-dealkylation sites (tertiary alicyclic amines) is 1. The first-order valence-corrected chi connectivity index (χ1v) is 13.5. The van der Waals surface area contributed by atoms with Crippen LogP contribution in [0.5, 0.6) is 0 Å². The van der Waals surface area contributed by atoms with E-state index in [1.807, 2.05) is 6.07 Å². The summed E-state index contributed by atoms with van der Waals surface area (Å²) >= 11 is 0. The van der Waals surface area contributed by atoms with Gasteiger partial charge in [-0.05, 0) is 55.9 Å². The molecule has 0 radical (unpaired) electrons. The van der Waals surface area contributed by atoms with Gasteiger partial charge in [-0.25, -0.2) is 4.79 Å². The van der Waals surface area contributed by atoms with Crippen molar-refractivity contribution >= 4 is 16.3 Å². The third kappa shape index (κ3) is 5.21. The number of hydrogen-bond donors (Lipinski definition) is 1. The normalized spacial score (nSPS) is 32.2. The summed E-state index contributed by atoms with van der Waals surface area (Å²) in [5.41, 5.74) is 1.38. The van der Waals surface area contributed by atoms with Gasteiger partial charge < -0.3 is 9.47 Å². The second-order valence-electron chi connectivity index (χ2n) is 9.76.